The summed E-state index contributed by atoms with van der Waals surface area (Å²) < 4.78 is 15.9. The van der Waals surface area contributed by atoms with Crippen LogP contribution in [0, 0.1) is 6.92 Å². The molecule has 174 valence electrons. The SMILES string of the molecule is COc1cc(NC(=O)NCCNc2cc(N3CCCCC3)nc(C)n2)cc(OC)c1OC. The van der Waals surface area contributed by atoms with Gasteiger partial charge in [0.15, 0.2) is 11.5 Å². The van der Waals surface area contributed by atoms with E-state index in [0.717, 1.165) is 30.5 Å². The van der Waals surface area contributed by atoms with Crippen molar-refractivity contribution in [2.75, 3.05) is 63.0 Å². The van der Waals surface area contributed by atoms with Crippen LogP contribution >= 0.6 is 0 Å². The van der Waals surface area contributed by atoms with Crippen molar-refractivity contribution < 1.29 is 19.0 Å². The quantitative estimate of drug-likeness (QED) is 0.506. The van der Waals surface area contributed by atoms with Crippen LogP contribution in [0.1, 0.15) is 25.1 Å². The molecule has 0 saturated carbocycles. The van der Waals surface area contributed by atoms with Crippen LogP contribution in [0.3, 0.4) is 0 Å². The number of urea groups is 1. The topological polar surface area (TPSA) is 110 Å². The molecule has 3 N–H and O–H groups in total. The van der Waals surface area contributed by atoms with E-state index in [2.05, 4.69) is 30.8 Å². The first kappa shape index (κ1) is 23.2. The van der Waals surface area contributed by atoms with E-state index in [-0.39, 0.29) is 6.03 Å². The molecule has 0 spiro atoms. The Morgan fingerprint density at radius 3 is 2.28 bits per heavy atom. The number of nitrogens with zero attached hydrogens (tertiary/aromatic N) is 3. The van der Waals surface area contributed by atoms with Crippen LogP contribution in [0.15, 0.2) is 18.2 Å². The second kappa shape index (κ2) is 11.3. The zero-order chi connectivity index (χ0) is 22.9. The van der Waals surface area contributed by atoms with Gasteiger partial charge < -0.3 is 35.1 Å². The lowest BCUT2D eigenvalue weighted by molar-refractivity contribution is 0.252. The minimum Gasteiger partial charge on any atom is -0.493 e. The smallest absolute Gasteiger partial charge is 0.319 e. The van der Waals surface area contributed by atoms with Gasteiger partial charge in [-0.25, -0.2) is 14.8 Å². The van der Waals surface area contributed by atoms with Gasteiger partial charge in [-0.2, -0.15) is 0 Å². The summed E-state index contributed by atoms with van der Waals surface area (Å²) in [5.74, 6) is 3.83. The first-order chi connectivity index (χ1) is 15.5. The van der Waals surface area contributed by atoms with Gasteiger partial charge in [-0.3, -0.25) is 0 Å². The lowest BCUT2D eigenvalue weighted by atomic mass is 10.1. The van der Waals surface area contributed by atoms with E-state index < -0.39 is 0 Å². The number of methoxy groups -OCH3 is 3. The Hall–Kier alpha value is -3.43. The number of nitrogens with one attached hydrogen (secondary N) is 3. The Kier molecular flexibility index (Phi) is 8.18. The Balaban J connectivity index is 1.51. The Labute approximate surface area is 188 Å². The predicted octanol–water partition coefficient (Wildman–Crippen LogP) is 3.03. The highest BCUT2D eigenvalue weighted by Crippen LogP contribution is 2.39. The molecule has 0 bridgehead atoms. The molecule has 10 heteroatoms. The van der Waals surface area contributed by atoms with E-state index in [4.69, 9.17) is 14.2 Å². The number of amides is 2. The van der Waals surface area contributed by atoms with Crippen LogP contribution < -0.4 is 35.1 Å². The second-order valence-electron chi connectivity index (χ2n) is 7.43. The van der Waals surface area contributed by atoms with Gasteiger partial charge in [-0.05, 0) is 26.2 Å². The lowest BCUT2D eigenvalue weighted by Gasteiger charge is -2.28. The molecule has 1 aromatic heterocycles. The summed E-state index contributed by atoms with van der Waals surface area (Å²) in [4.78, 5) is 23.6. The highest BCUT2D eigenvalue weighted by Gasteiger charge is 2.15. The molecular formula is C22H32N6O4. The van der Waals surface area contributed by atoms with Crippen LogP contribution in [0.5, 0.6) is 17.2 Å². The van der Waals surface area contributed by atoms with Gasteiger partial charge in [0, 0.05) is 44.4 Å². The number of piperidine rings is 1. The maximum absolute atomic E-state index is 12.3. The van der Waals surface area contributed by atoms with E-state index in [9.17, 15) is 4.79 Å². The van der Waals surface area contributed by atoms with E-state index in [1.54, 1.807) is 12.1 Å². The fraction of sp³-hybridized carbons (Fsp3) is 0.500. The molecule has 0 aliphatic carbocycles. The van der Waals surface area contributed by atoms with E-state index in [1.807, 2.05) is 13.0 Å². The molecule has 0 atom stereocenters. The molecule has 10 nitrogen and oxygen atoms in total. The summed E-state index contributed by atoms with van der Waals surface area (Å²) in [6.45, 7) is 4.88. The molecule has 1 saturated heterocycles. The van der Waals surface area contributed by atoms with Crippen LogP contribution in [-0.2, 0) is 0 Å². The molecule has 0 unspecified atom stereocenters. The Morgan fingerprint density at radius 2 is 1.66 bits per heavy atom. The Morgan fingerprint density at radius 1 is 0.969 bits per heavy atom. The van der Waals surface area contributed by atoms with Crippen molar-refractivity contribution >= 4 is 23.4 Å². The van der Waals surface area contributed by atoms with Crippen LogP contribution in [0.25, 0.3) is 0 Å². The Bertz CT molecular complexity index is 892. The molecular weight excluding hydrogens is 412 g/mol. The van der Waals surface area contributed by atoms with Gasteiger partial charge in [0.1, 0.15) is 17.5 Å². The molecule has 32 heavy (non-hydrogen) atoms. The summed E-state index contributed by atoms with van der Waals surface area (Å²) in [5.41, 5.74) is 0.530. The highest BCUT2D eigenvalue weighted by atomic mass is 16.5. The molecule has 2 heterocycles. The highest BCUT2D eigenvalue weighted by molar-refractivity contribution is 5.90. The molecule has 2 amide bonds. The minimum absolute atomic E-state index is 0.339. The average Bonchev–Trinajstić information content (AvgIpc) is 2.81. The molecule has 0 radical (unpaired) electrons. The maximum atomic E-state index is 12.3. The number of hydrogen-bond donors (Lipinski definition) is 3. The van der Waals surface area contributed by atoms with Crippen molar-refractivity contribution in [2.45, 2.75) is 26.2 Å². The number of ether oxygens (including phenoxy) is 3. The predicted molar refractivity (Wildman–Crippen MR) is 124 cm³/mol. The zero-order valence-electron chi connectivity index (χ0n) is 19.2. The van der Waals surface area contributed by atoms with E-state index in [1.165, 1.54) is 40.6 Å². The number of carbonyl (C=O) groups is 1. The van der Waals surface area contributed by atoms with Gasteiger partial charge >= 0.3 is 6.03 Å². The minimum atomic E-state index is -0.339. The fourth-order valence-electron chi connectivity index (χ4n) is 3.62. The van der Waals surface area contributed by atoms with Crippen molar-refractivity contribution in [3.05, 3.63) is 24.0 Å². The van der Waals surface area contributed by atoms with Gasteiger partial charge in [0.25, 0.3) is 0 Å². The van der Waals surface area contributed by atoms with Gasteiger partial charge in [0.05, 0.1) is 27.0 Å². The number of rotatable bonds is 9. The van der Waals surface area contributed by atoms with Crippen LogP contribution in [0.4, 0.5) is 22.1 Å². The largest absolute Gasteiger partial charge is 0.493 e. The molecule has 1 aromatic carbocycles. The van der Waals surface area contributed by atoms with Crippen molar-refractivity contribution in [3.63, 3.8) is 0 Å². The monoisotopic (exact) mass is 444 g/mol. The summed E-state index contributed by atoms with van der Waals surface area (Å²) in [5, 5.41) is 8.85. The molecule has 1 aliphatic heterocycles. The van der Waals surface area contributed by atoms with Crippen LogP contribution in [0.2, 0.25) is 0 Å². The van der Waals surface area contributed by atoms with Gasteiger partial charge in [-0.1, -0.05) is 0 Å². The molecule has 3 rings (SSSR count). The number of aromatic nitrogens is 2. The standard InChI is InChI=1S/C22H32N6O4/c1-15-25-19(14-20(26-15)28-10-6-5-7-11-28)23-8-9-24-22(29)27-16-12-17(30-2)21(32-4)18(13-16)31-3/h12-14H,5-11H2,1-4H3,(H,23,25,26)(H2,24,27,29). The van der Waals surface area contributed by atoms with Gasteiger partial charge in [0.2, 0.25) is 5.75 Å². The van der Waals surface area contributed by atoms with Gasteiger partial charge in [-0.15, -0.1) is 0 Å². The van der Waals surface area contributed by atoms with Crippen molar-refractivity contribution in [3.8, 4) is 17.2 Å². The third-order valence-electron chi connectivity index (χ3n) is 5.14. The van der Waals surface area contributed by atoms with E-state index >= 15 is 0 Å². The van der Waals surface area contributed by atoms with E-state index in [0.29, 0.717) is 36.0 Å². The number of hydrogen-bond acceptors (Lipinski definition) is 8. The number of benzene rings is 1. The summed E-state index contributed by atoms with van der Waals surface area (Å²) in [6, 6.07) is 4.97. The zero-order valence-corrected chi connectivity index (χ0v) is 19.2. The number of anilines is 3. The van der Waals surface area contributed by atoms with Crippen molar-refractivity contribution in [2.24, 2.45) is 0 Å². The second-order valence-corrected chi connectivity index (χ2v) is 7.43. The summed E-state index contributed by atoms with van der Waals surface area (Å²) in [6.07, 6.45) is 3.66. The number of aryl methyl sites for hydroxylation is 1. The third-order valence-corrected chi connectivity index (χ3v) is 5.14. The summed E-state index contributed by atoms with van der Waals surface area (Å²) in [7, 11) is 4.58. The first-order valence-electron chi connectivity index (χ1n) is 10.7. The van der Waals surface area contributed by atoms with Crippen molar-refractivity contribution in [1.82, 2.24) is 15.3 Å². The maximum Gasteiger partial charge on any atom is 0.319 e. The van der Waals surface area contributed by atoms with Crippen molar-refractivity contribution in [1.29, 1.82) is 0 Å². The third kappa shape index (κ3) is 6.05. The molecule has 1 aliphatic rings. The van der Waals surface area contributed by atoms with Crippen LogP contribution in [-0.4, -0.2) is 63.5 Å². The number of carbonyl (C=O) groups excluding carboxylic acids is 1. The summed E-state index contributed by atoms with van der Waals surface area (Å²) >= 11 is 0. The normalized spacial score (nSPS) is 13.3. The first-order valence-corrected chi connectivity index (χ1v) is 10.7. The lowest BCUT2D eigenvalue weighted by Crippen LogP contribution is -2.33. The molecule has 2 aromatic rings. The average molecular weight is 445 g/mol. The fourth-order valence-corrected chi connectivity index (χ4v) is 3.62. The molecule has 1 fully saturated rings.